The molecular weight excluding hydrogens is 292 g/mol. The van der Waals surface area contributed by atoms with Gasteiger partial charge >= 0.3 is 5.97 Å². The minimum Gasteiger partial charge on any atom is -0.462 e. The van der Waals surface area contributed by atoms with Crippen molar-refractivity contribution in [1.82, 2.24) is 0 Å². The fraction of sp³-hybridized carbons (Fsp3) is 0.571. The van der Waals surface area contributed by atoms with E-state index >= 15 is 0 Å². The molecule has 0 saturated heterocycles. The highest BCUT2D eigenvalue weighted by Gasteiger charge is 2.32. The Morgan fingerprint density at radius 1 is 1.52 bits per heavy atom. The van der Waals surface area contributed by atoms with Crippen molar-refractivity contribution in [1.29, 1.82) is 0 Å². The van der Waals surface area contributed by atoms with Gasteiger partial charge in [-0.2, -0.15) is 0 Å². The summed E-state index contributed by atoms with van der Waals surface area (Å²) in [5, 5.41) is 5.14. The summed E-state index contributed by atoms with van der Waals surface area (Å²) >= 11 is 1.33. The van der Waals surface area contributed by atoms with E-state index in [1.54, 1.807) is 6.92 Å². The average molecular weight is 312 g/mol. The van der Waals surface area contributed by atoms with Crippen molar-refractivity contribution < 1.29 is 19.1 Å². The van der Waals surface area contributed by atoms with E-state index in [0.717, 1.165) is 18.4 Å². The zero-order valence-corrected chi connectivity index (χ0v) is 13.0. The summed E-state index contributed by atoms with van der Waals surface area (Å²) in [6.45, 7) is 2.19. The maximum Gasteiger partial charge on any atom is 0.341 e. The Morgan fingerprint density at radius 3 is 2.81 bits per heavy atom. The number of nitrogens with two attached hydrogens (primary N) is 1. The van der Waals surface area contributed by atoms with E-state index in [-0.39, 0.29) is 12.5 Å². The summed E-state index contributed by atoms with van der Waals surface area (Å²) in [6, 6.07) is -0.767. The number of carbonyl (C=O) groups is 2. The monoisotopic (exact) mass is 312 g/mol. The van der Waals surface area contributed by atoms with Gasteiger partial charge in [0.05, 0.1) is 18.8 Å². The SMILES string of the molecule is CCOC(=O)c1c(C2CC2)csc1NC(=O)C(N)COC. The molecule has 1 saturated carbocycles. The molecule has 1 aliphatic rings. The van der Waals surface area contributed by atoms with Crippen LogP contribution in [0.5, 0.6) is 0 Å². The second kappa shape index (κ2) is 7.02. The second-order valence-electron chi connectivity index (χ2n) is 4.94. The van der Waals surface area contributed by atoms with Gasteiger partial charge in [-0.05, 0) is 36.6 Å². The molecule has 0 bridgehead atoms. The summed E-state index contributed by atoms with van der Waals surface area (Å²) in [5.74, 6) is -0.359. The van der Waals surface area contributed by atoms with Crippen LogP contribution >= 0.6 is 11.3 Å². The molecule has 21 heavy (non-hydrogen) atoms. The fourth-order valence-corrected chi connectivity index (χ4v) is 3.07. The Balaban J connectivity index is 2.18. The first kappa shape index (κ1) is 15.9. The Bertz CT molecular complexity index is 525. The molecule has 1 atom stereocenters. The summed E-state index contributed by atoms with van der Waals surface area (Å²) in [5.41, 5.74) is 7.13. The standard InChI is InChI=1S/C14H20N2O4S/c1-3-20-14(18)11-9(8-4-5-8)7-21-13(11)16-12(17)10(15)6-19-2/h7-8,10H,3-6,15H2,1-2H3,(H,16,17). The number of ether oxygens (including phenoxy) is 2. The molecule has 7 heteroatoms. The largest absolute Gasteiger partial charge is 0.462 e. The van der Waals surface area contributed by atoms with E-state index in [1.165, 1.54) is 18.4 Å². The Morgan fingerprint density at radius 2 is 2.24 bits per heavy atom. The highest BCUT2D eigenvalue weighted by molar-refractivity contribution is 7.15. The van der Waals surface area contributed by atoms with Crippen molar-refractivity contribution in [2.24, 2.45) is 5.73 Å². The number of methoxy groups -OCH3 is 1. The van der Waals surface area contributed by atoms with Crippen LogP contribution in [0.15, 0.2) is 5.38 Å². The molecule has 0 aliphatic heterocycles. The van der Waals surface area contributed by atoms with Crippen molar-refractivity contribution in [2.45, 2.75) is 31.7 Å². The molecule has 1 heterocycles. The molecule has 0 radical (unpaired) electrons. The van der Waals surface area contributed by atoms with Gasteiger partial charge in [-0.15, -0.1) is 11.3 Å². The van der Waals surface area contributed by atoms with E-state index in [9.17, 15) is 9.59 Å². The summed E-state index contributed by atoms with van der Waals surface area (Å²) < 4.78 is 9.95. The molecule has 2 rings (SSSR count). The third-order valence-corrected chi connectivity index (χ3v) is 4.15. The lowest BCUT2D eigenvalue weighted by Gasteiger charge is -2.12. The van der Waals surface area contributed by atoms with Crippen LogP contribution in [0.25, 0.3) is 0 Å². The van der Waals surface area contributed by atoms with Crippen LogP contribution in [-0.2, 0) is 14.3 Å². The minimum absolute atomic E-state index is 0.126. The molecule has 1 aromatic heterocycles. The number of hydrogen-bond donors (Lipinski definition) is 2. The topological polar surface area (TPSA) is 90.7 Å². The Labute approximate surface area is 127 Å². The number of rotatable bonds is 7. The Hall–Kier alpha value is -1.44. The van der Waals surface area contributed by atoms with Gasteiger partial charge in [-0.25, -0.2) is 4.79 Å². The molecule has 6 nitrogen and oxygen atoms in total. The first-order valence-electron chi connectivity index (χ1n) is 6.92. The first-order chi connectivity index (χ1) is 10.1. The van der Waals surface area contributed by atoms with E-state index in [2.05, 4.69) is 5.32 Å². The maximum absolute atomic E-state index is 12.1. The van der Waals surface area contributed by atoms with Gasteiger partial charge in [0.15, 0.2) is 0 Å². The number of hydrogen-bond acceptors (Lipinski definition) is 6. The quantitative estimate of drug-likeness (QED) is 0.748. The molecule has 0 spiro atoms. The van der Waals surface area contributed by atoms with Crippen molar-refractivity contribution in [3.05, 3.63) is 16.5 Å². The highest BCUT2D eigenvalue weighted by atomic mass is 32.1. The number of anilines is 1. The normalized spacial score (nSPS) is 15.6. The van der Waals surface area contributed by atoms with Gasteiger partial charge in [-0.1, -0.05) is 0 Å². The zero-order valence-electron chi connectivity index (χ0n) is 12.2. The molecule has 1 aromatic rings. The van der Waals surface area contributed by atoms with Crippen molar-refractivity contribution in [2.75, 3.05) is 25.6 Å². The second-order valence-corrected chi connectivity index (χ2v) is 5.82. The van der Waals surface area contributed by atoms with E-state index in [0.29, 0.717) is 23.1 Å². The van der Waals surface area contributed by atoms with Crippen molar-refractivity contribution in [3.63, 3.8) is 0 Å². The van der Waals surface area contributed by atoms with Crippen LogP contribution in [0.3, 0.4) is 0 Å². The number of nitrogens with one attached hydrogen (secondary N) is 1. The van der Waals surface area contributed by atoms with Crippen LogP contribution < -0.4 is 11.1 Å². The summed E-state index contributed by atoms with van der Waals surface area (Å²) in [6.07, 6.45) is 2.14. The van der Waals surface area contributed by atoms with Gasteiger partial charge in [0.25, 0.3) is 0 Å². The number of esters is 1. The van der Waals surface area contributed by atoms with Gasteiger partial charge in [0.2, 0.25) is 5.91 Å². The van der Waals surface area contributed by atoms with E-state index in [1.807, 2.05) is 5.38 Å². The lowest BCUT2D eigenvalue weighted by molar-refractivity contribution is -0.118. The van der Waals surface area contributed by atoms with E-state index < -0.39 is 12.0 Å². The van der Waals surface area contributed by atoms with Crippen LogP contribution in [-0.4, -0.2) is 38.2 Å². The third kappa shape index (κ3) is 3.81. The van der Waals surface area contributed by atoms with Gasteiger partial charge in [0, 0.05) is 7.11 Å². The van der Waals surface area contributed by atoms with Gasteiger partial charge in [-0.3, -0.25) is 4.79 Å². The number of thiophene rings is 1. The smallest absolute Gasteiger partial charge is 0.341 e. The predicted octanol–water partition coefficient (Wildman–Crippen LogP) is 1.71. The van der Waals surface area contributed by atoms with E-state index in [4.69, 9.17) is 15.2 Å². The molecule has 0 aromatic carbocycles. The average Bonchev–Trinajstić information content (AvgIpc) is 3.20. The van der Waals surface area contributed by atoms with Gasteiger partial charge < -0.3 is 20.5 Å². The van der Waals surface area contributed by atoms with Crippen molar-refractivity contribution in [3.8, 4) is 0 Å². The fourth-order valence-electron chi connectivity index (χ4n) is 2.03. The molecule has 3 N–H and O–H groups in total. The van der Waals surface area contributed by atoms with Crippen LogP contribution in [0.4, 0.5) is 5.00 Å². The summed E-state index contributed by atoms with van der Waals surface area (Å²) in [7, 11) is 1.48. The molecule has 1 amide bonds. The molecule has 1 fully saturated rings. The van der Waals surface area contributed by atoms with Crippen LogP contribution in [0.1, 0.15) is 41.6 Å². The lowest BCUT2D eigenvalue weighted by atomic mass is 10.1. The molecule has 1 unspecified atom stereocenters. The number of carbonyl (C=O) groups excluding carboxylic acids is 2. The zero-order chi connectivity index (χ0) is 15.4. The predicted molar refractivity (Wildman–Crippen MR) is 80.7 cm³/mol. The third-order valence-electron chi connectivity index (χ3n) is 3.24. The minimum atomic E-state index is -0.767. The maximum atomic E-state index is 12.1. The summed E-state index contributed by atoms with van der Waals surface area (Å²) in [4.78, 5) is 24.1. The molecular formula is C14H20N2O4S. The first-order valence-corrected chi connectivity index (χ1v) is 7.80. The van der Waals surface area contributed by atoms with Crippen LogP contribution in [0, 0.1) is 0 Å². The molecule has 1 aliphatic carbocycles. The van der Waals surface area contributed by atoms with Crippen molar-refractivity contribution >= 4 is 28.2 Å². The van der Waals surface area contributed by atoms with Crippen LogP contribution in [0.2, 0.25) is 0 Å². The highest BCUT2D eigenvalue weighted by Crippen LogP contribution is 2.46. The number of amides is 1. The Kier molecular flexibility index (Phi) is 5.33. The molecule has 116 valence electrons. The lowest BCUT2D eigenvalue weighted by Crippen LogP contribution is -2.39. The van der Waals surface area contributed by atoms with Gasteiger partial charge in [0.1, 0.15) is 11.0 Å².